The zero-order chi connectivity index (χ0) is 24.1. The van der Waals surface area contributed by atoms with Crippen LogP contribution < -0.4 is 4.90 Å². The van der Waals surface area contributed by atoms with E-state index in [0.717, 1.165) is 55.4 Å². The minimum Gasteiger partial charge on any atom is -0.349 e. The third kappa shape index (κ3) is 5.53. The Kier molecular flexibility index (Phi) is 8.06. The number of carbonyl (C=O) groups excluding carboxylic acids is 1. The molecule has 0 N–H and O–H groups in total. The maximum Gasteiger partial charge on any atom is 0.161 e. The molecule has 1 aliphatic carbocycles. The zero-order valence-corrected chi connectivity index (χ0v) is 20.5. The van der Waals surface area contributed by atoms with Gasteiger partial charge in [-0.2, -0.15) is 0 Å². The Morgan fingerprint density at radius 2 is 1.88 bits per heavy atom. The van der Waals surface area contributed by atoms with Crippen molar-refractivity contribution < 1.29 is 9.18 Å². The minimum absolute atomic E-state index is 0.310. The highest BCUT2D eigenvalue weighted by atomic mass is 35.5. The fourth-order valence-corrected chi connectivity index (χ4v) is 4.96. The molecule has 1 saturated heterocycles. The maximum atomic E-state index is 14.4. The largest absolute Gasteiger partial charge is 0.349 e. The van der Waals surface area contributed by atoms with Crippen LogP contribution in [0.5, 0.6) is 0 Å². The third-order valence-corrected chi connectivity index (χ3v) is 6.93. The van der Waals surface area contributed by atoms with Gasteiger partial charge in [-0.05, 0) is 51.1 Å². The molecule has 1 aromatic carbocycles. The predicted octanol–water partition coefficient (Wildman–Crippen LogP) is 5.39. The van der Waals surface area contributed by atoms with E-state index < -0.39 is 5.82 Å². The first-order valence-corrected chi connectivity index (χ1v) is 12.3. The van der Waals surface area contributed by atoms with Crippen molar-refractivity contribution in [1.82, 2.24) is 20.1 Å². The second-order valence-corrected chi connectivity index (χ2v) is 9.69. The van der Waals surface area contributed by atoms with Crippen LogP contribution in [0.25, 0.3) is 22.0 Å². The molecule has 3 aromatic rings. The van der Waals surface area contributed by atoms with Crippen LogP contribution in [0, 0.1) is 11.7 Å². The molecule has 1 saturated carbocycles. The number of fused-ring (bicyclic) bond motifs is 1. The molecule has 8 heteroatoms. The van der Waals surface area contributed by atoms with Crippen LogP contribution in [-0.2, 0) is 4.79 Å². The van der Waals surface area contributed by atoms with Crippen LogP contribution in [0.4, 0.5) is 10.2 Å². The molecule has 1 aliphatic heterocycles. The van der Waals surface area contributed by atoms with Gasteiger partial charge in [0.25, 0.3) is 0 Å². The van der Waals surface area contributed by atoms with Crippen LogP contribution in [0.15, 0.2) is 36.7 Å². The van der Waals surface area contributed by atoms with Gasteiger partial charge in [-0.1, -0.05) is 30.9 Å². The molecule has 2 aromatic heterocycles. The molecular formula is C26H31ClFN5O. The lowest BCUT2D eigenvalue weighted by Crippen LogP contribution is -2.51. The van der Waals surface area contributed by atoms with Crippen molar-refractivity contribution in [3.8, 4) is 11.3 Å². The molecule has 1 unspecified atom stereocenters. The van der Waals surface area contributed by atoms with Gasteiger partial charge >= 0.3 is 0 Å². The monoisotopic (exact) mass is 483 g/mol. The van der Waals surface area contributed by atoms with Gasteiger partial charge in [-0.15, -0.1) is 10.2 Å². The summed E-state index contributed by atoms with van der Waals surface area (Å²) in [5.74, 6) is 0.793. The fraction of sp³-hybridized carbons (Fsp3) is 0.462. The van der Waals surface area contributed by atoms with Gasteiger partial charge in [-0.3, -0.25) is 4.98 Å². The molecule has 180 valence electrons. The summed E-state index contributed by atoms with van der Waals surface area (Å²) in [5, 5.41) is 10.9. The number of carbonyl (C=O) groups is 1. The Morgan fingerprint density at radius 3 is 2.56 bits per heavy atom. The Labute approximate surface area is 205 Å². The van der Waals surface area contributed by atoms with Gasteiger partial charge < -0.3 is 14.6 Å². The minimum atomic E-state index is -0.411. The van der Waals surface area contributed by atoms with E-state index in [2.05, 4.69) is 39.0 Å². The molecule has 1 atom stereocenters. The highest BCUT2D eigenvalue weighted by molar-refractivity contribution is 6.30. The second kappa shape index (κ2) is 11.2. The number of pyridine rings is 1. The number of aldehydes is 1. The average molecular weight is 484 g/mol. The summed E-state index contributed by atoms with van der Waals surface area (Å²) in [6.07, 6.45) is 10.7. The molecule has 6 nitrogen and oxygen atoms in total. The van der Waals surface area contributed by atoms with Crippen molar-refractivity contribution >= 4 is 34.5 Å². The zero-order valence-electron chi connectivity index (χ0n) is 19.8. The summed E-state index contributed by atoms with van der Waals surface area (Å²) in [6.45, 7) is 4.95. The van der Waals surface area contributed by atoms with Gasteiger partial charge in [0.05, 0.1) is 0 Å². The molecule has 2 aliphatic rings. The Balaban J connectivity index is 0.000000291. The molecule has 3 heterocycles. The summed E-state index contributed by atoms with van der Waals surface area (Å²) < 4.78 is 14.4. The van der Waals surface area contributed by atoms with E-state index in [1.54, 1.807) is 24.5 Å². The standard InChI is InChI=1S/C19H19ClFN5.C7H12O/c1-12-11-25(2)7-8-26(12)19-16-10-22-6-5-14(16)18(23-24-19)15-4-3-13(20)9-17(15)21;8-6-7-4-2-1-3-5-7/h3-6,9-10,12H,7-8,11H2,1-2H3;6-7H,1-5H2. The SMILES string of the molecule is CC1CN(C)CCN1c1nnc(-c2ccc(Cl)cc2F)c2ccncc12.O=CC1CCCCC1. The van der Waals surface area contributed by atoms with E-state index in [0.29, 0.717) is 28.2 Å². The van der Waals surface area contributed by atoms with E-state index in [9.17, 15) is 9.18 Å². The summed E-state index contributed by atoms with van der Waals surface area (Å²) in [4.78, 5) is 19.0. The first-order chi connectivity index (χ1) is 16.5. The first-order valence-electron chi connectivity index (χ1n) is 11.9. The van der Waals surface area contributed by atoms with E-state index in [1.165, 1.54) is 25.3 Å². The number of aromatic nitrogens is 3. The number of piperazine rings is 1. The van der Waals surface area contributed by atoms with E-state index >= 15 is 0 Å². The number of hydrogen-bond donors (Lipinski definition) is 0. The molecule has 0 amide bonds. The Morgan fingerprint density at radius 1 is 1.09 bits per heavy atom. The van der Waals surface area contributed by atoms with E-state index in [-0.39, 0.29) is 0 Å². The number of benzene rings is 1. The van der Waals surface area contributed by atoms with Crippen LogP contribution in [0.1, 0.15) is 39.0 Å². The lowest BCUT2D eigenvalue weighted by atomic mass is 9.91. The van der Waals surface area contributed by atoms with Crippen molar-refractivity contribution in [3.63, 3.8) is 0 Å². The summed E-state index contributed by atoms with van der Waals surface area (Å²) in [7, 11) is 2.12. The molecule has 0 radical (unpaired) electrons. The summed E-state index contributed by atoms with van der Waals surface area (Å²) in [6, 6.07) is 6.76. The highest BCUT2D eigenvalue weighted by Gasteiger charge is 2.25. The lowest BCUT2D eigenvalue weighted by Gasteiger charge is -2.39. The Bertz CT molecular complexity index is 1140. The maximum absolute atomic E-state index is 14.4. The van der Waals surface area contributed by atoms with Gasteiger partial charge in [0.2, 0.25) is 0 Å². The van der Waals surface area contributed by atoms with E-state index in [4.69, 9.17) is 11.6 Å². The van der Waals surface area contributed by atoms with Crippen LogP contribution in [-0.4, -0.2) is 59.1 Å². The predicted molar refractivity (Wildman–Crippen MR) is 135 cm³/mol. The number of nitrogens with zero attached hydrogens (tertiary/aromatic N) is 5. The summed E-state index contributed by atoms with van der Waals surface area (Å²) >= 11 is 5.88. The third-order valence-electron chi connectivity index (χ3n) is 6.69. The molecular weight excluding hydrogens is 453 g/mol. The van der Waals surface area contributed by atoms with E-state index in [1.807, 2.05) is 6.07 Å². The smallest absolute Gasteiger partial charge is 0.161 e. The number of halogens is 2. The number of rotatable bonds is 3. The normalized spacial score (nSPS) is 19.5. The van der Waals surface area contributed by atoms with Gasteiger partial charge in [0.15, 0.2) is 5.82 Å². The number of anilines is 1. The Hall–Kier alpha value is -2.64. The lowest BCUT2D eigenvalue weighted by molar-refractivity contribution is -0.111. The molecule has 34 heavy (non-hydrogen) atoms. The van der Waals surface area contributed by atoms with Crippen molar-refractivity contribution in [2.24, 2.45) is 5.92 Å². The van der Waals surface area contributed by atoms with Crippen LogP contribution in [0.2, 0.25) is 5.02 Å². The van der Waals surface area contributed by atoms with Crippen molar-refractivity contribution in [2.75, 3.05) is 31.6 Å². The van der Waals surface area contributed by atoms with Crippen LogP contribution >= 0.6 is 11.6 Å². The average Bonchev–Trinajstić information content (AvgIpc) is 2.85. The quantitative estimate of drug-likeness (QED) is 0.465. The van der Waals surface area contributed by atoms with Gasteiger partial charge in [0.1, 0.15) is 17.8 Å². The first kappa shape index (κ1) is 24.5. The van der Waals surface area contributed by atoms with Crippen LogP contribution in [0.3, 0.4) is 0 Å². The molecule has 0 bridgehead atoms. The molecule has 0 spiro atoms. The second-order valence-electron chi connectivity index (χ2n) is 9.26. The number of hydrogen-bond acceptors (Lipinski definition) is 6. The number of likely N-dealkylation sites (N-methyl/N-ethyl adjacent to an activating group) is 1. The molecule has 2 fully saturated rings. The highest BCUT2D eigenvalue weighted by Crippen LogP contribution is 2.34. The van der Waals surface area contributed by atoms with Crippen molar-refractivity contribution in [3.05, 3.63) is 47.5 Å². The van der Waals surface area contributed by atoms with Crippen molar-refractivity contribution in [1.29, 1.82) is 0 Å². The fourth-order valence-electron chi connectivity index (χ4n) is 4.80. The topological polar surface area (TPSA) is 62.2 Å². The van der Waals surface area contributed by atoms with Crippen molar-refractivity contribution in [2.45, 2.75) is 45.1 Å². The van der Waals surface area contributed by atoms with Gasteiger partial charge in [-0.25, -0.2) is 4.39 Å². The summed E-state index contributed by atoms with van der Waals surface area (Å²) in [5.41, 5.74) is 0.887. The van der Waals surface area contributed by atoms with Gasteiger partial charge in [0, 0.05) is 65.3 Å². The molecule has 5 rings (SSSR count).